The van der Waals surface area contributed by atoms with Crippen molar-refractivity contribution in [2.24, 2.45) is 0 Å². The Balaban J connectivity index is 4.43. The fraction of sp³-hybridized carbons (Fsp3) is 0.667. The molecular weight excluding hydrogens is 187 g/mol. The fourth-order valence-corrected chi connectivity index (χ4v) is 1.37. The van der Waals surface area contributed by atoms with Crippen molar-refractivity contribution in [2.45, 2.75) is 31.8 Å². The zero-order valence-corrected chi connectivity index (χ0v) is 8.97. The number of hydrogen-bond acceptors (Lipinski definition) is 3. The lowest BCUT2D eigenvalue weighted by Gasteiger charge is -2.20. The van der Waals surface area contributed by atoms with Crippen molar-refractivity contribution in [1.82, 2.24) is 0 Å². The second-order valence-corrected chi connectivity index (χ2v) is 3.76. The highest BCUT2D eigenvalue weighted by atomic mass is 31.1. The Morgan fingerprint density at radius 2 is 2.08 bits per heavy atom. The molecule has 0 bridgehead atoms. The summed E-state index contributed by atoms with van der Waals surface area (Å²) in [6.07, 6.45) is 2.53. The van der Waals surface area contributed by atoms with Gasteiger partial charge < -0.3 is 4.74 Å². The molecule has 0 aliphatic carbocycles. The van der Waals surface area contributed by atoms with E-state index in [1.54, 1.807) is 0 Å². The zero-order valence-electron chi connectivity index (χ0n) is 8.08. The van der Waals surface area contributed by atoms with Crippen LogP contribution in [-0.4, -0.2) is 17.7 Å². The topological polar surface area (TPSA) is 43.4 Å². The average molecular weight is 202 g/mol. The van der Waals surface area contributed by atoms with Crippen molar-refractivity contribution in [3.05, 3.63) is 12.7 Å². The second-order valence-electron chi connectivity index (χ2n) is 2.72. The molecule has 0 unspecified atom stereocenters. The summed E-state index contributed by atoms with van der Waals surface area (Å²) in [5, 5.41) is -0.858. The molecule has 0 atom stereocenters. The molecule has 0 aliphatic rings. The lowest BCUT2D eigenvalue weighted by Crippen LogP contribution is -2.33. The van der Waals surface area contributed by atoms with Gasteiger partial charge in [-0.25, -0.2) is 0 Å². The third-order valence-corrected chi connectivity index (χ3v) is 3.22. The maximum Gasteiger partial charge on any atom is 0.324 e. The van der Waals surface area contributed by atoms with E-state index in [0.29, 0.717) is 12.8 Å². The first-order valence-corrected chi connectivity index (χ1v) is 5.10. The molecule has 0 aromatic carbocycles. The minimum atomic E-state index is -0.858. The summed E-state index contributed by atoms with van der Waals surface area (Å²) in [5.41, 5.74) is 0. The molecule has 4 heteroatoms. The van der Waals surface area contributed by atoms with Crippen molar-refractivity contribution in [3.63, 3.8) is 0 Å². The Labute approximate surface area is 80.4 Å². The van der Waals surface area contributed by atoms with E-state index >= 15 is 0 Å². The van der Waals surface area contributed by atoms with Gasteiger partial charge in [0.25, 0.3) is 0 Å². The summed E-state index contributed by atoms with van der Waals surface area (Å²) < 4.78 is 15.7. The van der Waals surface area contributed by atoms with Crippen LogP contribution in [0.3, 0.4) is 0 Å². The van der Waals surface area contributed by atoms with E-state index in [9.17, 15) is 9.36 Å². The van der Waals surface area contributed by atoms with Gasteiger partial charge in [-0.2, -0.15) is 0 Å². The van der Waals surface area contributed by atoms with E-state index < -0.39 is 11.1 Å². The predicted octanol–water partition coefficient (Wildman–Crippen LogP) is 2.57. The lowest BCUT2D eigenvalue weighted by atomic mass is 10.0. The van der Waals surface area contributed by atoms with Crippen LogP contribution in [0.25, 0.3) is 0 Å². The van der Waals surface area contributed by atoms with Crippen LogP contribution in [0.15, 0.2) is 12.7 Å². The molecule has 0 saturated carbocycles. The predicted molar refractivity (Wildman–Crippen MR) is 52.1 cm³/mol. The Morgan fingerprint density at radius 1 is 1.54 bits per heavy atom. The molecule has 0 fully saturated rings. The smallest absolute Gasteiger partial charge is 0.324 e. The molecule has 0 aromatic heterocycles. The van der Waals surface area contributed by atoms with Gasteiger partial charge in [-0.3, -0.25) is 9.36 Å². The third kappa shape index (κ3) is 2.92. The molecule has 0 aliphatic heterocycles. The Kier molecular flexibility index (Phi) is 5.56. The molecule has 0 radical (unpaired) electrons. The maximum atomic E-state index is 11.4. The summed E-state index contributed by atoms with van der Waals surface area (Å²) in [7, 11) is -0.165. The van der Waals surface area contributed by atoms with Crippen LogP contribution in [-0.2, 0) is 14.1 Å². The third-order valence-electron chi connectivity index (χ3n) is 2.06. The van der Waals surface area contributed by atoms with Gasteiger partial charge in [0.15, 0.2) is 8.46 Å². The van der Waals surface area contributed by atoms with E-state index in [1.807, 2.05) is 13.8 Å². The summed E-state index contributed by atoms with van der Waals surface area (Å²) in [4.78, 5) is 11.4. The first-order valence-electron chi connectivity index (χ1n) is 4.29. The minimum absolute atomic E-state index is 0.165. The van der Waals surface area contributed by atoms with Gasteiger partial charge in [0.2, 0.25) is 0 Å². The van der Waals surface area contributed by atoms with E-state index in [2.05, 4.69) is 6.58 Å². The standard InChI is InChI=1S/C9H15O3P/c1-4-7-12-8(10)9(5-2,6-3)13-11/h4H,1,5-7H2,2-3H3. The van der Waals surface area contributed by atoms with Crippen LogP contribution >= 0.6 is 8.46 Å². The van der Waals surface area contributed by atoms with Gasteiger partial charge >= 0.3 is 5.97 Å². The summed E-state index contributed by atoms with van der Waals surface area (Å²) in [5.74, 6) is -0.408. The highest BCUT2D eigenvalue weighted by Gasteiger charge is 2.37. The highest BCUT2D eigenvalue weighted by Crippen LogP contribution is 2.32. The molecule has 0 N–H and O–H groups in total. The van der Waals surface area contributed by atoms with Crippen LogP contribution in [0.5, 0.6) is 0 Å². The monoisotopic (exact) mass is 202 g/mol. The van der Waals surface area contributed by atoms with Crippen LogP contribution in [0.2, 0.25) is 0 Å². The Bertz CT molecular complexity index is 197. The molecule has 13 heavy (non-hydrogen) atoms. The number of carbonyl (C=O) groups excluding carboxylic acids is 1. The zero-order chi connectivity index (χ0) is 10.3. The van der Waals surface area contributed by atoms with Gasteiger partial charge in [0.05, 0.1) is 0 Å². The van der Waals surface area contributed by atoms with Gasteiger partial charge in [0, 0.05) is 0 Å². The van der Waals surface area contributed by atoms with Crippen molar-refractivity contribution >= 4 is 14.4 Å². The maximum absolute atomic E-state index is 11.4. The number of carbonyl (C=O) groups is 1. The number of rotatable bonds is 6. The number of esters is 1. The van der Waals surface area contributed by atoms with Crippen LogP contribution in [0, 0.1) is 0 Å². The van der Waals surface area contributed by atoms with Crippen molar-refractivity contribution in [3.8, 4) is 0 Å². The van der Waals surface area contributed by atoms with Gasteiger partial charge in [0.1, 0.15) is 11.8 Å². The molecule has 3 nitrogen and oxygen atoms in total. The summed E-state index contributed by atoms with van der Waals surface area (Å²) in [6, 6.07) is 0. The van der Waals surface area contributed by atoms with E-state index in [-0.39, 0.29) is 15.1 Å². The Morgan fingerprint density at radius 3 is 2.38 bits per heavy atom. The first kappa shape index (κ1) is 12.3. The molecule has 0 spiro atoms. The SMILES string of the molecule is C=CCOC(=O)C(CC)(CC)P=O. The number of hydrogen-bond donors (Lipinski definition) is 0. The molecule has 0 heterocycles. The normalized spacial score (nSPS) is 11.2. The van der Waals surface area contributed by atoms with E-state index in [1.165, 1.54) is 6.08 Å². The van der Waals surface area contributed by atoms with Crippen molar-refractivity contribution < 1.29 is 14.1 Å². The summed E-state index contributed by atoms with van der Waals surface area (Å²) >= 11 is 0. The quantitative estimate of drug-likeness (QED) is 0.377. The van der Waals surface area contributed by atoms with Crippen molar-refractivity contribution in [1.29, 1.82) is 0 Å². The van der Waals surface area contributed by atoms with Crippen molar-refractivity contribution in [2.75, 3.05) is 6.61 Å². The fourth-order valence-electron chi connectivity index (χ4n) is 0.974. The minimum Gasteiger partial charge on any atom is -0.460 e. The summed E-state index contributed by atoms with van der Waals surface area (Å²) in [6.45, 7) is 7.26. The number of ether oxygens (including phenoxy) is 1. The molecule has 0 rings (SSSR count). The first-order chi connectivity index (χ1) is 6.16. The second kappa shape index (κ2) is 5.87. The average Bonchev–Trinajstić information content (AvgIpc) is 2.18. The molecule has 0 saturated heterocycles. The Hall–Kier alpha value is -0.690. The molecule has 74 valence electrons. The van der Waals surface area contributed by atoms with Crippen LogP contribution < -0.4 is 0 Å². The van der Waals surface area contributed by atoms with Gasteiger partial charge in [-0.05, 0) is 12.8 Å². The lowest BCUT2D eigenvalue weighted by molar-refractivity contribution is -0.145. The van der Waals surface area contributed by atoms with E-state index in [4.69, 9.17) is 4.74 Å². The van der Waals surface area contributed by atoms with E-state index in [0.717, 1.165) is 0 Å². The molecule has 0 amide bonds. The highest BCUT2D eigenvalue weighted by molar-refractivity contribution is 7.27. The van der Waals surface area contributed by atoms with Gasteiger partial charge in [-0.1, -0.05) is 26.5 Å². The molecular formula is C9H15O3P. The van der Waals surface area contributed by atoms with Crippen LogP contribution in [0.4, 0.5) is 0 Å². The molecule has 0 aromatic rings. The largest absolute Gasteiger partial charge is 0.460 e. The van der Waals surface area contributed by atoms with Gasteiger partial charge in [-0.15, -0.1) is 0 Å². The van der Waals surface area contributed by atoms with Crippen LogP contribution in [0.1, 0.15) is 26.7 Å².